The van der Waals surface area contributed by atoms with Crippen LogP contribution in [0.3, 0.4) is 0 Å². The van der Waals surface area contributed by atoms with Crippen LogP contribution in [0.25, 0.3) is 0 Å². The predicted octanol–water partition coefficient (Wildman–Crippen LogP) is 3.08. The highest BCUT2D eigenvalue weighted by atomic mass is 16.5. The van der Waals surface area contributed by atoms with E-state index in [0.29, 0.717) is 12.4 Å². The molecule has 14 heavy (non-hydrogen) atoms. The van der Waals surface area contributed by atoms with Gasteiger partial charge < -0.3 is 4.74 Å². The molecule has 0 aromatic heterocycles. The first-order valence-electron chi connectivity index (χ1n) is 5.53. The summed E-state index contributed by atoms with van der Waals surface area (Å²) >= 11 is 0. The molecule has 0 aromatic rings. The Hall–Kier alpha value is -0.790. The molecule has 0 aliphatic heterocycles. The predicted molar refractivity (Wildman–Crippen MR) is 57.0 cm³/mol. The second kappa shape index (κ2) is 5.84. The van der Waals surface area contributed by atoms with E-state index in [0.717, 1.165) is 12.3 Å². The first-order valence-corrected chi connectivity index (χ1v) is 5.53. The molecule has 0 atom stereocenters. The number of carbonyl (C=O) groups is 1. The third kappa shape index (κ3) is 3.95. The molecule has 0 unspecified atom stereocenters. The third-order valence-corrected chi connectivity index (χ3v) is 2.92. The highest BCUT2D eigenvalue weighted by molar-refractivity contribution is 5.90. The Balaban J connectivity index is 2.08. The fourth-order valence-electron chi connectivity index (χ4n) is 1.93. The lowest BCUT2D eigenvalue weighted by Gasteiger charge is -2.21. The SMILES string of the molecule is C=C(OCCC1CCCCC1)C(C)=O. The molecular weight excluding hydrogens is 176 g/mol. The number of Topliss-reactive ketones (excluding diaryl/α,β-unsaturated/α-hetero) is 1. The maximum absolute atomic E-state index is 10.8. The van der Waals surface area contributed by atoms with Gasteiger partial charge in [-0.25, -0.2) is 0 Å². The van der Waals surface area contributed by atoms with E-state index < -0.39 is 0 Å². The van der Waals surface area contributed by atoms with Crippen LogP contribution in [0.2, 0.25) is 0 Å². The van der Waals surface area contributed by atoms with E-state index in [2.05, 4.69) is 6.58 Å². The van der Waals surface area contributed by atoms with Crippen LogP contribution in [0.4, 0.5) is 0 Å². The van der Waals surface area contributed by atoms with Gasteiger partial charge in [-0.05, 0) is 12.3 Å². The Bertz CT molecular complexity index is 202. The van der Waals surface area contributed by atoms with Gasteiger partial charge in [0.1, 0.15) is 0 Å². The lowest BCUT2D eigenvalue weighted by Crippen LogP contribution is -2.10. The first-order chi connectivity index (χ1) is 6.70. The zero-order valence-corrected chi connectivity index (χ0v) is 9.05. The quantitative estimate of drug-likeness (QED) is 0.499. The lowest BCUT2D eigenvalue weighted by molar-refractivity contribution is -0.116. The number of allylic oxidation sites excluding steroid dienone is 1. The van der Waals surface area contributed by atoms with Crippen LogP contribution in [0.1, 0.15) is 45.4 Å². The van der Waals surface area contributed by atoms with Gasteiger partial charge in [0.15, 0.2) is 11.5 Å². The Morgan fingerprint density at radius 3 is 2.57 bits per heavy atom. The monoisotopic (exact) mass is 196 g/mol. The van der Waals surface area contributed by atoms with Gasteiger partial charge in [-0.2, -0.15) is 0 Å². The van der Waals surface area contributed by atoms with Gasteiger partial charge in [-0.3, -0.25) is 4.79 Å². The second-order valence-corrected chi connectivity index (χ2v) is 4.12. The third-order valence-electron chi connectivity index (χ3n) is 2.92. The van der Waals surface area contributed by atoms with Crippen LogP contribution in [-0.2, 0) is 9.53 Å². The molecule has 1 rings (SSSR count). The number of hydrogen-bond acceptors (Lipinski definition) is 2. The molecule has 0 amide bonds. The summed E-state index contributed by atoms with van der Waals surface area (Å²) in [5.74, 6) is 1.05. The number of ketones is 1. The highest BCUT2D eigenvalue weighted by Gasteiger charge is 2.13. The number of hydrogen-bond donors (Lipinski definition) is 0. The number of rotatable bonds is 5. The molecule has 0 N–H and O–H groups in total. The minimum Gasteiger partial charge on any atom is -0.490 e. The minimum atomic E-state index is -0.0614. The van der Waals surface area contributed by atoms with Crippen molar-refractivity contribution >= 4 is 5.78 Å². The molecule has 2 heteroatoms. The zero-order valence-electron chi connectivity index (χ0n) is 9.05. The van der Waals surface area contributed by atoms with Crippen molar-refractivity contribution in [2.24, 2.45) is 5.92 Å². The Morgan fingerprint density at radius 1 is 1.36 bits per heavy atom. The van der Waals surface area contributed by atoms with Gasteiger partial charge in [0.25, 0.3) is 0 Å². The molecule has 80 valence electrons. The summed E-state index contributed by atoms with van der Waals surface area (Å²) in [5, 5.41) is 0. The van der Waals surface area contributed by atoms with E-state index in [1.165, 1.54) is 39.0 Å². The van der Waals surface area contributed by atoms with Gasteiger partial charge in [0.2, 0.25) is 0 Å². The molecule has 0 bridgehead atoms. The summed E-state index contributed by atoms with van der Waals surface area (Å²) in [5.41, 5.74) is 0. The molecule has 0 aromatic carbocycles. The van der Waals surface area contributed by atoms with E-state index in [1.54, 1.807) is 0 Å². The van der Waals surface area contributed by atoms with Crippen molar-refractivity contribution in [3.8, 4) is 0 Å². The van der Waals surface area contributed by atoms with Crippen molar-refractivity contribution in [1.82, 2.24) is 0 Å². The van der Waals surface area contributed by atoms with Gasteiger partial charge in [0.05, 0.1) is 6.61 Å². The molecular formula is C12H20O2. The van der Waals surface area contributed by atoms with Crippen molar-refractivity contribution in [3.05, 3.63) is 12.3 Å². The number of ether oxygens (including phenoxy) is 1. The van der Waals surface area contributed by atoms with E-state index in [9.17, 15) is 4.79 Å². The molecule has 0 spiro atoms. The largest absolute Gasteiger partial charge is 0.490 e. The van der Waals surface area contributed by atoms with Crippen molar-refractivity contribution in [3.63, 3.8) is 0 Å². The lowest BCUT2D eigenvalue weighted by atomic mass is 9.87. The maximum Gasteiger partial charge on any atom is 0.193 e. The summed E-state index contributed by atoms with van der Waals surface area (Å²) in [7, 11) is 0. The second-order valence-electron chi connectivity index (χ2n) is 4.12. The Morgan fingerprint density at radius 2 is 2.00 bits per heavy atom. The van der Waals surface area contributed by atoms with Crippen molar-refractivity contribution < 1.29 is 9.53 Å². The zero-order chi connectivity index (χ0) is 10.4. The molecule has 1 aliphatic rings. The van der Waals surface area contributed by atoms with Crippen LogP contribution in [-0.4, -0.2) is 12.4 Å². The van der Waals surface area contributed by atoms with Crippen molar-refractivity contribution in [2.75, 3.05) is 6.61 Å². The first kappa shape index (κ1) is 11.3. The highest BCUT2D eigenvalue weighted by Crippen LogP contribution is 2.26. The Labute approximate surface area is 86.3 Å². The van der Waals surface area contributed by atoms with Crippen molar-refractivity contribution in [2.45, 2.75) is 45.4 Å². The van der Waals surface area contributed by atoms with Gasteiger partial charge in [0, 0.05) is 6.92 Å². The molecule has 0 heterocycles. The summed E-state index contributed by atoms with van der Waals surface area (Å²) in [6.07, 6.45) is 7.84. The molecule has 2 nitrogen and oxygen atoms in total. The molecule has 1 fully saturated rings. The molecule has 1 saturated carbocycles. The van der Waals surface area contributed by atoms with Gasteiger partial charge >= 0.3 is 0 Å². The molecule has 1 aliphatic carbocycles. The average Bonchev–Trinajstić information content (AvgIpc) is 2.19. The van der Waals surface area contributed by atoms with Crippen LogP contribution >= 0.6 is 0 Å². The van der Waals surface area contributed by atoms with E-state index in [-0.39, 0.29) is 5.78 Å². The fraction of sp³-hybridized carbons (Fsp3) is 0.750. The smallest absolute Gasteiger partial charge is 0.193 e. The maximum atomic E-state index is 10.8. The summed E-state index contributed by atoms with van der Waals surface area (Å²) in [4.78, 5) is 10.8. The van der Waals surface area contributed by atoms with Crippen LogP contribution in [0.5, 0.6) is 0 Å². The number of carbonyl (C=O) groups excluding carboxylic acids is 1. The molecule has 0 radical (unpaired) electrons. The summed E-state index contributed by atoms with van der Waals surface area (Å²) in [6.45, 7) is 5.71. The van der Waals surface area contributed by atoms with Crippen LogP contribution in [0, 0.1) is 5.92 Å². The summed E-state index contributed by atoms with van der Waals surface area (Å²) < 4.78 is 5.26. The fourth-order valence-corrected chi connectivity index (χ4v) is 1.93. The summed E-state index contributed by atoms with van der Waals surface area (Å²) in [6, 6.07) is 0. The van der Waals surface area contributed by atoms with Gasteiger partial charge in [-0.1, -0.05) is 38.7 Å². The van der Waals surface area contributed by atoms with Crippen LogP contribution < -0.4 is 0 Å². The topological polar surface area (TPSA) is 26.3 Å². The van der Waals surface area contributed by atoms with E-state index in [1.807, 2.05) is 0 Å². The van der Waals surface area contributed by atoms with Crippen LogP contribution in [0.15, 0.2) is 12.3 Å². The van der Waals surface area contributed by atoms with E-state index >= 15 is 0 Å². The normalized spacial score (nSPS) is 17.8. The van der Waals surface area contributed by atoms with Crippen molar-refractivity contribution in [1.29, 1.82) is 0 Å². The van der Waals surface area contributed by atoms with E-state index in [4.69, 9.17) is 4.74 Å². The minimum absolute atomic E-state index is 0.0614. The average molecular weight is 196 g/mol. The standard InChI is InChI=1S/C12H20O2/c1-10(13)11(2)14-9-8-12-6-4-3-5-7-12/h12H,2-9H2,1H3. The van der Waals surface area contributed by atoms with Gasteiger partial charge in [-0.15, -0.1) is 0 Å². The Kier molecular flexibility index (Phi) is 4.71. The molecule has 0 saturated heterocycles.